The summed E-state index contributed by atoms with van der Waals surface area (Å²) in [5.74, 6) is 0. The number of halogens is 6. The average molecular weight is 512 g/mol. The van der Waals surface area contributed by atoms with Gasteiger partial charge in [0.1, 0.15) is 0 Å². The Hall–Kier alpha value is -2.06. The molecule has 0 bridgehead atoms. The van der Waals surface area contributed by atoms with Crippen molar-refractivity contribution in [2.24, 2.45) is 0 Å². The number of rotatable bonds is 5. The number of hydrogen-bond acceptors (Lipinski definition) is 2. The molecule has 1 saturated carbocycles. The number of aryl methyl sites for hydroxylation is 1. The van der Waals surface area contributed by atoms with Crippen LogP contribution in [0.4, 0.5) is 26.3 Å². The van der Waals surface area contributed by atoms with Gasteiger partial charge in [0.2, 0.25) is 0 Å². The standard InChI is InChI=1S/C28H33F6N2/c1-20-8-10-22(11-9-20)26(2,36-14-12-35(13-15-36)25-6-4-3-5-7-25)19-21-16-23(27(29,30)31)18-24(17-21)28(32,33)34/h8-11,16-18,25H,2-7,12-15,19H2,1H3. The van der Waals surface area contributed by atoms with E-state index in [9.17, 15) is 26.3 Å². The first-order chi connectivity index (χ1) is 16.9. The van der Waals surface area contributed by atoms with E-state index < -0.39 is 29.0 Å². The molecule has 0 amide bonds. The molecule has 8 heteroatoms. The topological polar surface area (TPSA) is 6.48 Å². The van der Waals surface area contributed by atoms with Crippen molar-refractivity contribution in [1.29, 1.82) is 0 Å². The van der Waals surface area contributed by atoms with Gasteiger partial charge in [-0.05, 0) is 62.4 Å². The van der Waals surface area contributed by atoms with E-state index in [4.69, 9.17) is 0 Å². The average Bonchev–Trinajstić information content (AvgIpc) is 2.84. The summed E-state index contributed by atoms with van der Waals surface area (Å²) < 4.78 is 81.1. The zero-order valence-corrected chi connectivity index (χ0v) is 20.6. The lowest BCUT2D eigenvalue weighted by atomic mass is 9.82. The molecular weight excluding hydrogens is 478 g/mol. The summed E-state index contributed by atoms with van der Waals surface area (Å²) in [6, 6.07) is 9.98. The SMILES string of the molecule is [CH2]C(Cc1cc(C(F)(F)F)cc(C(F)(F)F)c1)(c1ccc(C)cc1)N1CCN(C2CCCCC2)CC1. The lowest BCUT2D eigenvalue weighted by molar-refractivity contribution is -0.143. The van der Waals surface area contributed by atoms with Crippen molar-refractivity contribution in [2.75, 3.05) is 26.2 Å². The molecule has 1 atom stereocenters. The first kappa shape index (κ1) is 27.0. The van der Waals surface area contributed by atoms with Crippen molar-refractivity contribution in [2.45, 2.75) is 69.4 Å². The van der Waals surface area contributed by atoms with Crippen LogP contribution in [0.5, 0.6) is 0 Å². The molecular formula is C28H33F6N2. The molecule has 2 aromatic rings. The Kier molecular flexibility index (Phi) is 7.77. The van der Waals surface area contributed by atoms with Crippen LogP contribution in [0.1, 0.15) is 59.9 Å². The zero-order chi connectivity index (χ0) is 26.1. The van der Waals surface area contributed by atoms with Crippen LogP contribution in [-0.4, -0.2) is 42.0 Å². The lowest BCUT2D eigenvalue weighted by Crippen LogP contribution is -2.57. The third-order valence-electron chi connectivity index (χ3n) is 7.74. The smallest absolute Gasteiger partial charge is 0.298 e. The molecule has 2 aliphatic rings. The molecule has 2 aromatic carbocycles. The molecule has 0 spiro atoms. The van der Waals surface area contributed by atoms with Crippen molar-refractivity contribution in [3.63, 3.8) is 0 Å². The maximum Gasteiger partial charge on any atom is 0.416 e. The number of hydrogen-bond donors (Lipinski definition) is 0. The Morgan fingerprint density at radius 3 is 1.78 bits per heavy atom. The van der Waals surface area contributed by atoms with Gasteiger partial charge >= 0.3 is 12.4 Å². The second kappa shape index (κ2) is 10.4. The van der Waals surface area contributed by atoms with E-state index in [1.165, 1.54) is 32.1 Å². The molecule has 1 radical (unpaired) electrons. The molecule has 2 fully saturated rings. The molecule has 36 heavy (non-hydrogen) atoms. The second-order valence-corrected chi connectivity index (χ2v) is 10.3. The number of benzene rings is 2. The molecule has 0 aromatic heterocycles. The van der Waals surface area contributed by atoms with E-state index in [0.29, 0.717) is 19.1 Å². The van der Waals surface area contributed by atoms with Gasteiger partial charge in [0, 0.05) is 32.2 Å². The zero-order valence-electron chi connectivity index (χ0n) is 20.6. The van der Waals surface area contributed by atoms with Crippen molar-refractivity contribution in [1.82, 2.24) is 9.80 Å². The lowest BCUT2D eigenvalue weighted by Gasteiger charge is -2.48. The Labute approximate surface area is 209 Å². The van der Waals surface area contributed by atoms with Crippen molar-refractivity contribution >= 4 is 0 Å². The van der Waals surface area contributed by atoms with E-state index in [2.05, 4.69) is 16.7 Å². The van der Waals surface area contributed by atoms with Gasteiger partial charge in [-0.1, -0.05) is 49.1 Å². The fourth-order valence-electron chi connectivity index (χ4n) is 5.68. The van der Waals surface area contributed by atoms with Crippen molar-refractivity contribution in [3.8, 4) is 0 Å². The molecule has 2 nitrogen and oxygen atoms in total. The van der Waals surface area contributed by atoms with Gasteiger partial charge in [-0.3, -0.25) is 9.80 Å². The highest BCUT2D eigenvalue weighted by Crippen LogP contribution is 2.39. The third kappa shape index (κ3) is 6.08. The highest BCUT2D eigenvalue weighted by Gasteiger charge is 2.40. The molecule has 0 N–H and O–H groups in total. The third-order valence-corrected chi connectivity index (χ3v) is 7.74. The molecule has 4 rings (SSSR count). The maximum absolute atomic E-state index is 13.5. The summed E-state index contributed by atoms with van der Waals surface area (Å²) in [5, 5.41) is 0. The Morgan fingerprint density at radius 1 is 0.750 bits per heavy atom. The number of alkyl halides is 6. The van der Waals surface area contributed by atoms with Gasteiger partial charge in [-0.2, -0.15) is 26.3 Å². The Balaban J connectivity index is 1.66. The van der Waals surface area contributed by atoms with Crippen LogP contribution in [0.2, 0.25) is 0 Å². The largest absolute Gasteiger partial charge is 0.416 e. The van der Waals surface area contributed by atoms with E-state index in [0.717, 1.165) is 36.3 Å². The van der Waals surface area contributed by atoms with Crippen LogP contribution in [0.15, 0.2) is 42.5 Å². The van der Waals surface area contributed by atoms with Crippen LogP contribution in [0.25, 0.3) is 0 Å². The van der Waals surface area contributed by atoms with Gasteiger partial charge in [0.15, 0.2) is 0 Å². The summed E-state index contributed by atoms with van der Waals surface area (Å²) >= 11 is 0. The fraction of sp³-hybridized carbons (Fsp3) is 0.536. The molecule has 1 aliphatic carbocycles. The van der Waals surface area contributed by atoms with E-state index in [1.807, 2.05) is 31.2 Å². The first-order valence-electron chi connectivity index (χ1n) is 12.6. The Morgan fingerprint density at radius 2 is 1.28 bits per heavy atom. The Bertz CT molecular complexity index is 984. The summed E-state index contributed by atoms with van der Waals surface area (Å²) in [4.78, 5) is 4.61. The molecule has 1 aliphatic heterocycles. The van der Waals surface area contributed by atoms with Crippen LogP contribution in [0, 0.1) is 13.8 Å². The van der Waals surface area contributed by atoms with Crippen LogP contribution in [0.3, 0.4) is 0 Å². The minimum atomic E-state index is -4.88. The van der Waals surface area contributed by atoms with E-state index >= 15 is 0 Å². The molecule has 1 unspecified atom stereocenters. The van der Waals surface area contributed by atoms with Crippen molar-refractivity contribution in [3.05, 3.63) is 77.2 Å². The number of piperazine rings is 1. The maximum atomic E-state index is 13.5. The van der Waals surface area contributed by atoms with Crippen LogP contribution in [-0.2, 0) is 24.3 Å². The normalized spacial score (nSPS) is 20.9. The summed E-state index contributed by atoms with van der Waals surface area (Å²) in [7, 11) is 0. The van der Waals surface area contributed by atoms with Gasteiger partial charge in [0.05, 0.1) is 16.7 Å². The first-order valence-corrected chi connectivity index (χ1v) is 12.6. The molecule has 197 valence electrons. The minimum Gasteiger partial charge on any atom is -0.298 e. The number of nitrogens with zero attached hydrogens (tertiary/aromatic N) is 2. The van der Waals surface area contributed by atoms with E-state index in [-0.39, 0.29) is 18.1 Å². The monoisotopic (exact) mass is 511 g/mol. The predicted octanol–water partition coefficient (Wildman–Crippen LogP) is 7.26. The molecule has 1 saturated heterocycles. The van der Waals surface area contributed by atoms with Crippen molar-refractivity contribution < 1.29 is 26.3 Å². The second-order valence-electron chi connectivity index (χ2n) is 10.3. The summed E-state index contributed by atoms with van der Waals surface area (Å²) in [5.41, 5.74) is -1.81. The van der Waals surface area contributed by atoms with Crippen LogP contribution >= 0.6 is 0 Å². The van der Waals surface area contributed by atoms with Gasteiger partial charge in [0.25, 0.3) is 0 Å². The quantitative estimate of drug-likeness (QED) is 0.390. The molecule has 1 heterocycles. The van der Waals surface area contributed by atoms with Gasteiger partial charge in [-0.15, -0.1) is 0 Å². The predicted molar refractivity (Wildman–Crippen MR) is 128 cm³/mol. The van der Waals surface area contributed by atoms with Gasteiger partial charge in [-0.25, -0.2) is 0 Å². The summed E-state index contributed by atoms with van der Waals surface area (Å²) in [6.45, 7) is 9.31. The summed E-state index contributed by atoms with van der Waals surface area (Å²) in [6.07, 6.45) is -3.75. The van der Waals surface area contributed by atoms with E-state index in [1.54, 1.807) is 0 Å². The minimum absolute atomic E-state index is 0.0255. The highest BCUT2D eigenvalue weighted by atomic mass is 19.4. The van der Waals surface area contributed by atoms with Crippen LogP contribution < -0.4 is 0 Å². The fourth-order valence-corrected chi connectivity index (χ4v) is 5.68. The van der Waals surface area contributed by atoms with Gasteiger partial charge < -0.3 is 0 Å². The highest BCUT2D eigenvalue weighted by molar-refractivity contribution is 5.38.